The van der Waals surface area contributed by atoms with Gasteiger partial charge in [-0.1, -0.05) is 30.3 Å². The third kappa shape index (κ3) is 2.78. The highest BCUT2D eigenvalue weighted by Gasteiger charge is 2.16. The Morgan fingerprint density at radius 1 is 1.27 bits per heavy atom. The van der Waals surface area contributed by atoms with Crippen LogP contribution < -0.4 is 11.1 Å². The van der Waals surface area contributed by atoms with Gasteiger partial charge in [0, 0.05) is 23.4 Å². The molecule has 5 nitrogen and oxygen atoms in total. The lowest BCUT2D eigenvalue weighted by Crippen LogP contribution is -2.16. The average Bonchev–Trinajstić information content (AvgIpc) is 2.84. The van der Waals surface area contributed by atoms with Gasteiger partial charge in [-0.15, -0.1) is 11.3 Å². The van der Waals surface area contributed by atoms with Crippen LogP contribution in [0.25, 0.3) is 21.3 Å². The molecule has 0 aliphatic heterocycles. The van der Waals surface area contributed by atoms with Gasteiger partial charge in [0.15, 0.2) is 0 Å². The summed E-state index contributed by atoms with van der Waals surface area (Å²) in [7, 11) is 0. The first-order valence-electron chi connectivity index (χ1n) is 6.98. The van der Waals surface area contributed by atoms with E-state index in [9.17, 15) is 4.79 Å². The molecule has 2 heterocycles. The molecular weight excluding hydrogens is 296 g/mol. The van der Waals surface area contributed by atoms with Crippen LogP contribution in [-0.2, 0) is 4.79 Å². The van der Waals surface area contributed by atoms with E-state index in [-0.39, 0.29) is 12.3 Å². The third-order valence-electron chi connectivity index (χ3n) is 3.39. The van der Waals surface area contributed by atoms with Gasteiger partial charge in [0.2, 0.25) is 5.91 Å². The van der Waals surface area contributed by atoms with Crippen molar-refractivity contribution in [2.75, 3.05) is 11.9 Å². The lowest BCUT2D eigenvalue weighted by atomic mass is 10.0. The second-order valence-electron chi connectivity index (χ2n) is 4.94. The molecule has 22 heavy (non-hydrogen) atoms. The Kier molecular flexibility index (Phi) is 4.02. The molecule has 0 aliphatic rings. The summed E-state index contributed by atoms with van der Waals surface area (Å²) in [5.41, 5.74) is 7.46. The third-order valence-corrected chi connectivity index (χ3v) is 4.40. The van der Waals surface area contributed by atoms with E-state index in [0.717, 1.165) is 27.2 Å². The minimum Gasteiger partial charge on any atom is -0.370 e. The maximum absolute atomic E-state index is 10.9. The number of hydrogen-bond acceptors (Lipinski definition) is 5. The van der Waals surface area contributed by atoms with E-state index in [1.54, 1.807) is 17.7 Å². The Labute approximate surface area is 132 Å². The Hall–Kier alpha value is -2.47. The summed E-state index contributed by atoms with van der Waals surface area (Å²) >= 11 is 1.64. The van der Waals surface area contributed by atoms with Gasteiger partial charge in [-0.2, -0.15) is 0 Å². The molecule has 3 aromatic rings. The van der Waals surface area contributed by atoms with E-state index < -0.39 is 0 Å². The zero-order chi connectivity index (χ0) is 15.5. The molecule has 6 heteroatoms. The van der Waals surface area contributed by atoms with Crippen molar-refractivity contribution in [1.82, 2.24) is 9.97 Å². The normalized spacial score (nSPS) is 10.8. The second kappa shape index (κ2) is 6.11. The monoisotopic (exact) mass is 312 g/mol. The molecule has 0 bridgehead atoms. The molecule has 0 atom stereocenters. The summed E-state index contributed by atoms with van der Waals surface area (Å²) in [5, 5.41) is 4.20. The van der Waals surface area contributed by atoms with E-state index >= 15 is 0 Å². The van der Waals surface area contributed by atoms with Crippen LogP contribution >= 0.6 is 11.3 Å². The molecule has 0 fully saturated rings. The Morgan fingerprint density at radius 2 is 2.05 bits per heavy atom. The van der Waals surface area contributed by atoms with Crippen molar-refractivity contribution in [3.63, 3.8) is 0 Å². The fraction of sp³-hybridized carbons (Fsp3) is 0.188. The number of carbonyl (C=O) groups is 1. The van der Waals surface area contributed by atoms with Gasteiger partial charge in [0.25, 0.3) is 0 Å². The number of hydrogen-bond donors (Lipinski definition) is 2. The van der Waals surface area contributed by atoms with Crippen molar-refractivity contribution in [3.8, 4) is 11.1 Å². The summed E-state index contributed by atoms with van der Waals surface area (Å²) < 4.78 is 0. The van der Waals surface area contributed by atoms with Crippen LogP contribution in [0.1, 0.15) is 11.3 Å². The summed E-state index contributed by atoms with van der Waals surface area (Å²) in [6, 6.07) is 10.2. The summed E-state index contributed by atoms with van der Waals surface area (Å²) in [5.74, 6) is 0.414. The number of benzene rings is 1. The molecule has 0 radical (unpaired) electrons. The predicted octanol–water partition coefficient (Wildman–Crippen LogP) is 2.95. The predicted molar refractivity (Wildman–Crippen MR) is 89.9 cm³/mol. The van der Waals surface area contributed by atoms with Gasteiger partial charge in [-0.3, -0.25) is 4.79 Å². The number of amides is 1. The highest BCUT2D eigenvalue weighted by Crippen LogP contribution is 2.40. The molecule has 3 rings (SSSR count). The minimum absolute atomic E-state index is 0.273. The number of aromatic nitrogens is 2. The van der Waals surface area contributed by atoms with Crippen LogP contribution in [0.15, 0.2) is 36.7 Å². The van der Waals surface area contributed by atoms with Crippen LogP contribution in [0.4, 0.5) is 5.82 Å². The average molecular weight is 312 g/mol. The van der Waals surface area contributed by atoms with Crippen molar-refractivity contribution < 1.29 is 4.79 Å². The molecule has 0 aliphatic carbocycles. The van der Waals surface area contributed by atoms with Crippen molar-refractivity contribution in [1.29, 1.82) is 0 Å². The van der Waals surface area contributed by atoms with Crippen LogP contribution in [-0.4, -0.2) is 22.4 Å². The molecule has 3 N–H and O–H groups in total. The first kappa shape index (κ1) is 14.5. The van der Waals surface area contributed by atoms with Crippen LogP contribution in [0.5, 0.6) is 0 Å². The molecular formula is C16H16N4OS. The van der Waals surface area contributed by atoms with Crippen LogP contribution in [0.3, 0.4) is 0 Å². The Morgan fingerprint density at radius 3 is 2.77 bits per heavy atom. The van der Waals surface area contributed by atoms with Gasteiger partial charge in [-0.25, -0.2) is 9.97 Å². The number of primary amides is 1. The zero-order valence-corrected chi connectivity index (χ0v) is 13.0. The van der Waals surface area contributed by atoms with Crippen molar-refractivity contribution in [3.05, 3.63) is 41.5 Å². The molecule has 1 amide bonds. The van der Waals surface area contributed by atoms with Gasteiger partial charge < -0.3 is 11.1 Å². The maximum atomic E-state index is 10.9. The van der Waals surface area contributed by atoms with Gasteiger partial charge in [0.1, 0.15) is 17.0 Å². The zero-order valence-electron chi connectivity index (χ0n) is 12.2. The lowest BCUT2D eigenvalue weighted by molar-refractivity contribution is -0.117. The van der Waals surface area contributed by atoms with E-state index in [2.05, 4.69) is 34.3 Å². The summed E-state index contributed by atoms with van der Waals surface area (Å²) in [6.45, 7) is 2.55. The van der Waals surface area contributed by atoms with Gasteiger partial charge in [-0.05, 0) is 12.5 Å². The molecule has 0 saturated carbocycles. The molecule has 112 valence electrons. The Bertz CT molecular complexity index is 814. The standard InChI is InChI=1S/C16H16N4OS/c1-10-13(11-5-3-2-4-6-11)14-15(18-8-7-12(17)21)19-9-20-16(14)22-10/h2-6,9H,7-8H2,1H3,(H2,17,21)(H,18,19,20). The van der Waals surface area contributed by atoms with E-state index in [1.807, 2.05) is 18.2 Å². The fourth-order valence-electron chi connectivity index (χ4n) is 2.43. The van der Waals surface area contributed by atoms with E-state index in [1.165, 1.54) is 4.88 Å². The topological polar surface area (TPSA) is 80.9 Å². The van der Waals surface area contributed by atoms with Gasteiger partial charge >= 0.3 is 0 Å². The van der Waals surface area contributed by atoms with E-state index in [0.29, 0.717) is 6.54 Å². The lowest BCUT2D eigenvalue weighted by Gasteiger charge is -2.08. The molecule has 0 unspecified atom stereocenters. The van der Waals surface area contributed by atoms with Crippen molar-refractivity contribution in [2.45, 2.75) is 13.3 Å². The largest absolute Gasteiger partial charge is 0.370 e. The fourth-order valence-corrected chi connectivity index (χ4v) is 3.45. The van der Waals surface area contributed by atoms with Crippen molar-refractivity contribution in [2.24, 2.45) is 5.73 Å². The molecule has 0 spiro atoms. The molecule has 2 aromatic heterocycles. The minimum atomic E-state index is -0.331. The maximum Gasteiger partial charge on any atom is 0.219 e. The number of nitrogens with zero attached hydrogens (tertiary/aromatic N) is 2. The SMILES string of the molecule is Cc1sc2ncnc(NCCC(N)=O)c2c1-c1ccccc1. The van der Waals surface area contributed by atoms with Crippen LogP contribution in [0, 0.1) is 6.92 Å². The van der Waals surface area contributed by atoms with Crippen LogP contribution in [0.2, 0.25) is 0 Å². The highest BCUT2D eigenvalue weighted by molar-refractivity contribution is 7.19. The summed E-state index contributed by atoms with van der Waals surface area (Å²) in [4.78, 5) is 21.7. The molecule has 0 saturated heterocycles. The highest BCUT2D eigenvalue weighted by atomic mass is 32.1. The first-order chi connectivity index (χ1) is 10.7. The number of carbonyl (C=O) groups excluding carboxylic acids is 1. The van der Waals surface area contributed by atoms with Gasteiger partial charge in [0.05, 0.1) is 5.39 Å². The summed E-state index contributed by atoms with van der Waals surface area (Å²) in [6.07, 6.45) is 1.81. The number of rotatable bonds is 5. The number of anilines is 1. The second-order valence-corrected chi connectivity index (χ2v) is 6.15. The number of aryl methyl sites for hydroxylation is 1. The molecule has 1 aromatic carbocycles. The smallest absolute Gasteiger partial charge is 0.219 e. The number of nitrogens with two attached hydrogens (primary N) is 1. The Balaban J connectivity index is 2.08. The quantitative estimate of drug-likeness (QED) is 0.759. The number of thiophene rings is 1. The number of fused-ring (bicyclic) bond motifs is 1. The first-order valence-corrected chi connectivity index (χ1v) is 7.80. The van der Waals surface area contributed by atoms with Crippen molar-refractivity contribution >= 4 is 33.3 Å². The van der Waals surface area contributed by atoms with E-state index in [4.69, 9.17) is 5.73 Å². The number of nitrogens with one attached hydrogen (secondary N) is 1.